The highest BCUT2D eigenvalue weighted by Gasteiger charge is 2.01. The molecule has 78 valence electrons. The van der Waals surface area contributed by atoms with Gasteiger partial charge in [0.05, 0.1) is 5.03 Å². The lowest BCUT2D eigenvalue weighted by Crippen LogP contribution is -1.99. The minimum absolute atomic E-state index is 0.596. The fourth-order valence-electron chi connectivity index (χ4n) is 1.15. The summed E-state index contributed by atoms with van der Waals surface area (Å²) in [5.74, 6) is 1.81. The lowest BCUT2D eigenvalue weighted by Gasteiger charge is -2.06. The summed E-state index contributed by atoms with van der Waals surface area (Å²) in [4.78, 5) is 4.46. The van der Waals surface area contributed by atoms with E-state index in [1.807, 2.05) is 13.0 Å². The van der Waals surface area contributed by atoms with Crippen LogP contribution in [0.5, 0.6) is 0 Å². The van der Waals surface area contributed by atoms with Gasteiger partial charge < -0.3 is 5.73 Å². The van der Waals surface area contributed by atoms with E-state index in [2.05, 4.69) is 24.9 Å². The molecule has 1 aromatic rings. The largest absolute Gasteiger partial charge is 0.326 e. The van der Waals surface area contributed by atoms with Crippen LogP contribution in [-0.4, -0.2) is 10.7 Å². The fourth-order valence-corrected chi connectivity index (χ4v) is 2.10. The molecule has 1 aromatic heterocycles. The van der Waals surface area contributed by atoms with E-state index in [0.29, 0.717) is 12.5 Å². The molecule has 14 heavy (non-hydrogen) atoms. The molecule has 1 heterocycles. The molecule has 0 fully saturated rings. The van der Waals surface area contributed by atoms with Crippen molar-refractivity contribution in [3.05, 3.63) is 23.4 Å². The minimum atomic E-state index is 0.596. The summed E-state index contributed by atoms with van der Waals surface area (Å²) < 4.78 is 0. The maximum Gasteiger partial charge on any atom is 0.0966 e. The second kappa shape index (κ2) is 5.37. The molecule has 0 atom stereocenters. The van der Waals surface area contributed by atoms with Crippen LogP contribution in [0.4, 0.5) is 0 Å². The van der Waals surface area contributed by atoms with Gasteiger partial charge in [0.15, 0.2) is 0 Å². The van der Waals surface area contributed by atoms with E-state index < -0.39 is 0 Å². The maximum absolute atomic E-state index is 5.61. The first-order valence-corrected chi connectivity index (χ1v) is 5.91. The van der Waals surface area contributed by atoms with Crippen molar-refractivity contribution < 1.29 is 0 Å². The quantitative estimate of drug-likeness (QED) is 0.776. The first-order valence-electron chi connectivity index (χ1n) is 4.92. The third-order valence-electron chi connectivity index (χ3n) is 1.79. The monoisotopic (exact) mass is 210 g/mol. The summed E-state index contributed by atoms with van der Waals surface area (Å²) in [6.07, 6.45) is 0. The predicted octanol–water partition coefficient (Wildman–Crippen LogP) is 2.60. The van der Waals surface area contributed by atoms with Gasteiger partial charge in [-0.2, -0.15) is 0 Å². The summed E-state index contributed by atoms with van der Waals surface area (Å²) in [5, 5.41) is 1.10. The summed E-state index contributed by atoms with van der Waals surface area (Å²) in [7, 11) is 0. The van der Waals surface area contributed by atoms with Gasteiger partial charge in [0.2, 0.25) is 0 Å². The molecule has 0 spiro atoms. The summed E-state index contributed by atoms with van der Waals surface area (Å²) in [6, 6.07) is 4.12. The van der Waals surface area contributed by atoms with E-state index >= 15 is 0 Å². The number of pyridine rings is 1. The smallest absolute Gasteiger partial charge is 0.0966 e. The molecule has 0 aromatic carbocycles. The van der Waals surface area contributed by atoms with Crippen LogP contribution in [0.2, 0.25) is 0 Å². The van der Waals surface area contributed by atoms with Gasteiger partial charge in [-0.05, 0) is 30.5 Å². The fraction of sp³-hybridized carbons (Fsp3) is 0.545. The number of nitrogens with two attached hydrogens (primary N) is 1. The predicted molar refractivity (Wildman–Crippen MR) is 62.4 cm³/mol. The van der Waals surface area contributed by atoms with Crippen molar-refractivity contribution in [3.63, 3.8) is 0 Å². The zero-order valence-corrected chi connectivity index (χ0v) is 9.90. The molecule has 0 unspecified atom stereocenters. The van der Waals surface area contributed by atoms with E-state index in [-0.39, 0.29) is 0 Å². The molecule has 1 rings (SSSR count). The van der Waals surface area contributed by atoms with Crippen molar-refractivity contribution in [1.82, 2.24) is 4.98 Å². The Hall–Kier alpha value is -0.540. The SMILES string of the molecule is Cc1cc(CN)cc(SCC(C)C)n1. The van der Waals surface area contributed by atoms with Gasteiger partial charge in [0.25, 0.3) is 0 Å². The van der Waals surface area contributed by atoms with Crippen LogP contribution >= 0.6 is 11.8 Å². The van der Waals surface area contributed by atoms with Crippen LogP contribution in [-0.2, 0) is 6.54 Å². The highest BCUT2D eigenvalue weighted by atomic mass is 32.2. The van der Waals surface area contributed by atoms with Gasteiger partial charge in [-0.25, -0.2) is 4.98 Å². The molecule has 0 amide bonds. The Morgan fingerprint density at radius 3 is 2.71 bits per heavy atom. The number of aryl methyl sites for hydroxylation is 1. The molecule has 0 saturated heterocycles. The van der Waals surface area contributed by atoms with Gasteiger partial charge in [-0.3, -0.25) is 0 Å². The van der Waals surface area contributed by atoms with Crippen molar-refractivity contribution >= 4 is 11.8 Å². The van der Waals surface area contributed by atoms with Crippen LogP contribution < -0.4 is 5.73 Å². The second-order valence-corrected chi connectivity index (χ2v) is 4.90. The second-order valence-electron chi connectivity index (χ2n) is 3.86. The lowest BCUT2D eigenvalue weighted by atomic mass is 10.2. The van der Waals surface area contributed by atoms with Gasteiger partial charge in [0, 0.05) is 18.0 Å². The Morgan fingerprint density at radius 2 is 2.14 bits per heavy atom. The Kier molecular flexibility index (Phi) is 4.42. The normalized spacial score (nSPS) is 10.9. The highest BCUT2D eigenvalue weighted by molar-refractivity contribution is 7.99. The Balaban J connectivity index is 2.71. The van der Waals surface area contributed by atoms with Crippen molar-refractivity contribution in [2.45, 2.75) is 32.3 Å². The van der Waals surface area contributed by atoms with Gasteiger partial charge >= 0.3 is 0 Å². The molecule has 0 aliphatic carbocycles. The van der Waals surface area contributed by atoms with E-state index in [1.54, 1.807) is 11.8 Å². The van der Waals surface area contributed by atoms with Crippen molar-refractivity contribution in [3.8, 4) is 0 Å². The van der Waals surface area contributed by atoms with Crippen LogP contribution in [0.3, 0.4) is 0 Å². The van der Waals surface area contributed by atoms with Crippen LogP contribution in [0.15, 0.2) is 17.2 Å². The van der Waals surface area contributed by atoms with Gasteiger partial charge in [0.1, 0.15) is 0 Å². The Labute approximate surface area is 90.3 Å². The molecule has 0 aliphatic heterocycles. The number of hydrogen-bond donors (Lipinski definition) is 1. The first kappa shape index (κ1) is 11.5. The Bertz CT molecular complexity index is 297. The van der Waals surface area contributed by atoms with E-state index in [4.69, 9.17) is 5.73 Å². The minimum Gasteiger partial charge on any atom is -0.326 e. The van der Waals surface area contributed by atoms with E-state index in [9.17, 15) is 0 Å². The molecule has 0 aliphatic rings. The van der Waals surface area contributed by atoms with Gasteiger partial charge in [-0.1, -0.05) is 13.8 Å². The summed E-state index contributed by atoms with van der Waals surface area (Å²) in [5.41, 5.74) is 7.83. The number of aromatic nitrogens is 1. The Morgan fingerprint density at radius 1 is 1.43 bits per heavy atom. The number of rotatable bonds is 4. The average Bonchev–Trinajstić information content (AvgIpc) is 2.14. The summed E-state index contributed by atoms with van der Waals surface area (Å²) >= 11 is 1.81. The third-order valence-corrected chi connectivity index (χ3v) is 3.13. The van der Waals surface area contributed by atoms with Crippen LogP contribution in [0.1, 0.15) is 25.1 Å². The zero-order valence-electron chi connectivity index (χ0n) is 9.08. The molecular weight excluding hydrogens is 192 g/mol. The highest BCUT2D eigenvalue weighted by Crippen LogP contribution is 2.20. The molecule has 0 radical (unpaired) electrons. The number of thioether (sulfide) groups is 1. The topological polar surface area (TPSA) is 38.9 Å². The molecule has 0 saturated carbocycles. The van der Waals surface area contributed by atoms with Crippen molar-refractivity contribution in [2.24, 2.45) is 11.7 Å². The van der Waals surface area contributed by atoms with Crippen molar-refractivity contribution in [1.29, 1.82) is 0 Å². The molecule has 3 heteroatoms. The number of nitrogens with zero attached hydrogens (tertiary/aromatic N) is 1. The van der Waals surface area contributed by atoms with Crippen LogP contribution in [0.25, 0.3) is 0 Å². The number of hydrogen-bond acceptors (Lipinski definition) is 3. The molecule has 2 nitrogen and oxygen atoms in total. The average molecular weight is 210 g/mol. The summed E-state index contributed by atoms with van der Waals surface area (Å²) in [6.45, 7) is 7.04. The van der Waals surface area contributed by atoms with Crippen molar-refractivity contribution in [2.75, 3.05) is 5.75 Å². The maximum atomic E-state index is 5.61. The standard InChI is InChI=1S/C11H18N2S/c1-8(2)7-14-11-5-10(6-12)4-9(3)13-11/h4-5,8H,6-7,12H2,1-3H3. The lowest BCUT2D eigenvalue weighted by molar-refractivity contribution is 0.749. The zero-order chi connectivity index (χ0) is 10.6. The molecule has 2 N–H and O–H groups in total. The van der Waals surface area contributed by atoms with E-state index in [1.165, 1.54) is 5.56 Å². The molecular formula is C11H18N2S. The van der Waals surface area contributed by atoms with E-state index in [0.717, 1.165) is 16.5 Å². The molecule has 0 bridgehead atoms. The van der Waals surface area contributed by atoms with Crippen LogP contribution in [0, 0.1) is 12.8 Å². The van der Waals surface area contributed by atoms with Gasteiger partial charge in [-0.15, -0.1) is 11.8 Å². The third kappa shape index (κ3) is 3.68. The first-order chi connectivity index (χ1) is 6.61.